The summed E-state index contributed by atoms with van der Waals surface area (Å²) in [5.41, 5.74) is 1.73. The van der Waals surface area contributed by atoms with E-state index in [0.29, 0.717) is 12.1 Å². The van der Waals surface area contributed by atoms with Gasteiger partial charge in [-0.05, 0) is 44.2 Å². The lowest BCUT2D eigenvalue weighted by atomic mass is 9.97. The number of rotatable bonds is 5. The van der Waals surface area contributed by atoms with E-state index in [1.54, 1.807) is 0 Å². The number of carboxylic acids is 1. The van der Waals surface area contributed by atoms with Crippen LogP contribution in [-0.2, 0) is 0 Å². The van der Waals surface area contributed by atoms with Crippen molar-refractivity contribution in [3.63, 3.8) is 0 Å². The smallest absolute Gasteiger partial charge is 0.354 e. The molecule has 0 saturated carbocycles. The Labute approximate surface area is 117 Å². The Hall–Kier alpha value is -2.17. The molecule has 1 aliphatic carbocycles. The first-order valence-electron chi connectivity index (χ1n) is 6.82. The number of aromatic carboxylic acids is 1. The van der Waals surface area contributed by atoms with Gasteiger partial charge in [-0.2, -0.15) is 0 Å². The third-order valence-corrected chi connectivity index (χ3v) is 3.36. The summed E-state index contributed by atoms with van der Waals surface area (Å²) in [6, 6.07) is 2.81. The highest BCUT2D eigenvalue weighted by atomic mass is 16.4. The van der Waals surface area contributed by atoms with Gasteiger partial charge in [0.25, 0.3) is 5.91 Å². The van der Waals surface area contributed by atoms with Crippen molar-refractivity contribution in [2.24, 2.45) is 0 Å². The van der Waals surface area contributed by atoms with Crippen LogP contribution in [-0.4, -0.2) is 28.5 Å². The fraction of sp³-hybridized carbons (Fsp3) is 0.400. The van der Waals surface area contributed by atoms with Crippen molar-refractivity contribution in [3.8, 4) is 0 Å². The van der Waals surface area contributed by atoms with Crippen molar-refractivity contribution < 1.29 is 14.7 Å². The molecule has 0 fully saturated rings. The van der Waals surface area contributed by atoms with Gasteiger partial charge in [0.2, 0.25) is 0 Å². The summed E-state index contributed by atoms with van der Waals surface area (Å²) in [6.07, 6.45) is 9.20. The van der Waals surface area contributed by atoms with Gasteiger partial charge in [-0.1, -0.05) is 11.6 Å². The molecule has 0 spiro atoms. The number of carboxylic acid groups (broad SMARTS) is 1. The molecule has 1 amide bonds. The predicted octanol–water partition coefficient (Wildman–Crippen LogP) is 2.40. The molecule has 0 aliphatic heterocycles. The number of hydrogen-bond acceptors (Lipinski definition) is 3. The minimum absolute atomic E-state index is 0.0612. The molecule has 0 unspecified atom stereocenters. The van der Waals surface area contributed by atoms with E-state index in [9.17, 15) is 9.59 Å². The number of pyridine rings is 1. The molecule has 0 aromatic carbocycles. The molecule has 20 heavy (non-hydrogen) atoms. The van der Waals surface area contributed by atoms with Crippen LogP contribution in [0.2, 0.25) is 0 Å². The van der Waals surface area contributed by atoms with Gasteiger partial charge in [-0.3, -0.25) is 4.79 Å². The first-order chi connectivity index (χ1) is 9.66. The lowest BCUT2D eigenvalue weighted by Crippen LogP contribution is -2.25. The maximum Gasteiger partial charge on any atom is 0.354 e. The van der Waals surface area contributed by atoms with Crippen molar-refractivity contribution in [1.29, 1.82) is 0 Å². The number of aromatic nitrogens is 1. The minimum Gasteiger partial charge on any atom is -0.477 e. The highest BCUT2D eigenvalue weighted by molar-refractivity contribution is 5.94. The molecule has 1 heterocycles. The summed E-state index contributed by atoms with van der Waals surface area (Å²) < 4.78 is 0. The fourth-order valence-corrected chi connectivity index (χ4v) is 2.23. The van der Waals surface area contributed by atoms with Crippen LogP contribution in [0.25, 0.3) is 0 Å². The first kappa shape index (κ1) is 14.2. The maximum absolute atomic E-state index is 11.8. The summed E-state index contributed by atoms with van der Waals surface area (Å²) in [7, 11) is 0. The Balaban J connectivity index is 1.82. The monoisotopic (exact) mass is 274 g/mol. The summed E-state index contributed by atoms with van der Waals surface area (Å²) in [6.45, 7) is 0.603. The molecule has 2 rings (SSSR count). The molecule has 2 N–H and O–H groups in total. The molecule has 1 aliphatic rings. The van der Waals surface area contributed by atoms with Crippen LogP contribution in [0.3, 0.4) is 0 Å². The Kier molecular flexibility index (Phi) is 4.87. The van der Waals surface area contributed by atoms with E-state index < -0.39 is 5.97 Å². The quantitative estimate of drug-likeness (QED) is 0.808. The zero-order valence-electron chi connectivity index (χ0n) is 11.3. The second-order valence-corrected chi connectivity index (χ2v) is 4.85. The molecule has 5 nitrogen and oxygen atoms in total. The maximum atomic E-state index is 11.8. The van der Waals surface area contributed by atoms with Crippen LogP contribution >= 0.6 is 0 Å². The van der Waals surface area contributed by atoms with E-state index in [-0.39, 0.29) is 11.6 Å². The molecule has 0 saturated heterocycles. The standard InChI is InChI=1S/C15H18N2O3/c18-14(12-6-7-13(15(19)20)17-10-12)16-9-8-11-4-2-1-3-5-11/h4,6-7,10H,1-3,5,8-9H2,(H,16,18)(H,19,20). The van der Waals surface area contributed by atoms with Crippen molar-refractivity contribution in [2.45, 2.75) is 32.1 Å². The summed E-state index contributed by atoms with van der Waals surface area (Å²) in [5.74, 6) is -1.31. The van der Waals surface area contributed by atoms with Crippen molar-refractivity contribution in [3.05, 3.63) is 41.2 Å². The number of carbonyl (C=O) groups excluding carboxylic acids is 1. The number of nitrogens with zero attached hydrogens (tertiary/aromatic N) is 1. The Morgan fingerprint density at radius 1 is 1.30 bits per heavy atom. The topological polar surface area (TPSA) is 79.3 Å². The van der Waals surface area contributed by atoms with Gasteiger partial charge >= 0.3 is 5.97 Å². The second-order valence-electron chi connectivity index (χ2n) is 4.85. The zero-order chi connectivity index (χ0) is 14.4. The Morgan fingerprint density at radius 2 is 2.15 bits per heavy atom. The molecule has 0 atom stereocenters. The molecule has 0 radical (unpaired) electrons. The number of allylic oxidation sites excluding steroid dienone is 1. The van der Waals surface area contributed by atoms with Gasteiger partial charge in [0.1, 0.15) is 5.69 Å². The average molecular weight is 274 g/mol. The lowest BCUT2D eigenvalue weighted by molar-refractivity contribution is 0.0689. The first-order valence-corrected chi connectivity index (χ1v) is 6.82. The third-order valence-electron chi connectivity index (χ3n) is 3.36. The Morgan fingerprint density at radius 3 is 2.75 bits per heavy atom. The van der Waals surface area contributed by atoms with Gasteiger partial charge in [0, 0.05) is 12.7 Å². The van der Waals surface area contributed by atoms with E-state index in [2.05, 4.69) is 16.4 Å². The molecular formula is C15H18N2O3. The van der Waals surface area contributed by atoms with Gasteiger partial charge < -0.3 is 10.4 Å². The van der Waals surface area contributed by atoms with E-state index in [1.807, 2.05) is 0 Å². The van der Waals surface area contributed by atoms with Crippen LogP contribution in [0.1, 0.15) is 53.0 Å². The van der Waals surface area contributed by atoms with Crippen molar-refractivity contribution in [1.82, 2.24) is 10.3 Å². The van der Waals surface area contributed by atoms with E-state index in [4.69, 9.17) is 5.11 Å². The van der Waals surface area contributed by atoms with Gasteiger partial charge in [-0.15, -0.1) is 0 Å². The Bertz CT molecular complexity index is 520. The minimum atomic E-state index is -1.10. The molecule has 1 aromatic heterocycles. The highest BCUT2D eigenvalue weighted by Crippen LogP contribution is 2.19. The van der Waals surface area contributed by atoms with Crippen LogP contribution in [0, 0.1) is 0 Å². The van der Waals surface area contributed by atoms with Crippen LogP contribution in [0.4, 0.5) is 0 Å². The second kappa shape index (κ2) is 6.84. The van der Waals surface area contributed by atoms with Gasteiger partial charge in [0.05, 0.1) is 5.56 Å². The van der Waals surface area contributed by atoms with E-state index in [0.717, 1.165) is 19.3 Å². The van der Waals surface area contributed by atoms with Crippen molar-refractivity contribution in [2.75, 3.05) is 6.54 Å². The largest absolute Gasteiger partial charge is 0.477 e. The summed E-state index contributed by atoms with van der Waals surface area (Å²) in [5, 5.41) is 11.6. The normalized spacial score (nSPS) is 14.5. The third kappa shape index (κ3) is 3.91. The molecule has 5 heteroatoms. The van der Waals surface area contributed by atoms with Crippen LogP contribution in [0.5, 0.6) is 0 Å². The molecule has 106 valence electrons. The van der Waals surface area contributed by atoms with Crippen LogP contribution in [0.15, 0.2) is 30.0 Å². The highest BCUT2D eigenvalue weighted by Gasteiger charge is 2.09. The van der Waals surface area contributed by atoms with Gasteiger partial charge in [-0.25, -0.2) is 9.78 Å². The molecule has 1 aromatic rings. The average Bonchev–Trinajstić information content (AvgIpc) is 2.48. The zero-order valence-corrected chi connectivity index (χ0v) is 11.3. The fourth-order valence-electron chi connectivity index (χ4n) is 2.23. The van der Waals surface area contributed by atoms with Crippen molar-refractivity contribution >= 4 is 11.9 Å². The van der Waals surface area contributed by atoms with Gasteiger partial charge in [0.15, 0.2) is 0 Å². The number of amides is 1. The SMILES string of the molecule is O=C(NCCC1=CCCCC1)c1ccc(C(=O)O)nc1. The predicted molar refractivity (Wildman–Crippen MR) is 74.7 cm³/mol. The lowest BCUT2D eigenvalue weighted by Gasteiger charge is -2.12. The van der Waals surface area contributed by atoms with E-state index in [1.165, 1.54) is 36.7 Å². The molecular weight excluding hydrogens is 256 g/mol. The number of hydrogen-bond donors (Lipinski definition) is 2. The summed E-state index contributed by atoms with van der Waals surface area (Å²) >= 11 is 0. The molecule has 0 bridgehead atoms. The van der Waals surface area contributed by atoms with E-state index >= 15 is 0 Å². The summed E-state index contributed by atoms with van der Waals surface area (Å²) in [4.78, 5) is 26.2. The number of nitrogens with one attached hydrogen (secondary N) is 1. The number of carbonyl (C=O) groups is 2. The van der Waals surface area contributed by atoms with Crippen LogP contribution < -0.4 is 5.32 Å².